The first kappa shape index (κ1) is 11.9. The van der Waals surface area contributed by atoms with Crippen LogP contribution in [0.25, 0.3) is 16.9 Å². The molecule has 3 rings (SSSR count). The summed E-state index contributed by atoms with van der Waals surface area (Å²) in [6, 6.07) is 10.8. The molecule has 0 aliphatic rings. The third-order valence-electron chi connectivity index (χ3n) is 2.92. The molecule has 2 aromatic heterocycles. The van der Waals surface area contributed by atoms with E-state index in [0.29, 0.717) is 11.3 Å². The molecule has 2 heterocycles. The number of nitriles is 1. The first-order valence-electron chi connectivity index (χ1n) is 5.77. The number of nitrogens with zero attached hydrogens (tertiary/aromatic N) is 4. The van der Waals surface area contributed by atoms with E-state index in [1.165, 1.54) is 16.9 Å². The molecule has 0 spiro atoms. The molecule has 1 N–H and O–H groups in total. The summed E-state index contributed by atoms with van der Waals surface area (Å²) in [5.41, 5.74) is 2.30. The van der Waals surface area contributed by atoms with Gasteiger partial charge in [0.05, 0.1) is 23.5 Å². The van der Waals surface area contributed by atoms with Crippen molar-refractivity contribution in [3.05, 3.63) is 53.9 Å². The van der Waals surface area contributed by atoms with Crippen LogP contribution in [0, 0.1) is 11.3 Å². The zero-order valence-corrected chi connectivity index (χ0v) is 10.2. The minimum atomic E-state index is -1.07. The van der Waals surface area contributed by atoms with Crippen molar-refractivity contribution in [1.29, 1.82) is 5.26 Å². The zero-order chi connectivity index (χ0) is 14.1. The van der Waals surface area contributed by atoms with E-state index in [1.807, 2.05) is 6.07 Å². The van der Waals surface area contributed by atoms with Gasteiger partial charge in [-0.2, -0.15) is 10.4 Å². The van der Waals surface area contributed by atoms with Crippen LogP contribution in [-0.4, -0.2) is 25.7 Å². The van der Waals surface area contributed by atoms with E-state index in [1.54, 1.807) is 24.3 Å². The maximum Gasteiger partial charge on any atom is 0.341 e. The van der Waals surface area contributed by atoms with E-state index in [2.05, 4.69) is 16.2 Å². The Hall–Kier alpha value is -3.20. The molecule has 6 nitrogen and oxygen atoms in total. The predicted octanol–water partition coefficient (Wildman–Crippen LogP) is 1.97. The van der Waals surface area contributed by atoms with Crippen LogP contribution in [0.15, 0.2) is 42.7 Å². The van der Waals surface area contributed by atoms with Gasteiger partial charge in [0.2, 0.25) is 0 Å². The Balaban J connectivity index is 2.27. The van der Waals surface area contributed by atoms with E-state index in [-0.39, 0.29) is 11.2 Å². The molecule has 96 valence electrons. The van der Waals surface area contributed by atoms with Gasteiger partial charge in [0.25, 0.3) is 0 Å². The maximum absolute atomic E-state index is 11.1. The van der Waals surface area contributed by atoms with Crippen LogP contribution in [0.1, 0.15) is 15.9 Å². The Morgan fingerprint density at radius 3 is 2.95 bits per heavy atom. The van der Waals surface area contributed by atoms with E-state index in [9.17, 15) is 4.79 Å². The first-order valence-corrected chi connectivity index (χ1v) is 5.77. The van der Waals surface area contributed by atoms with E-state index >= 15 is 0 Å². The van der Waals surface area contributed by atoms with E-state index in [0.717, 1.165) is 5.56 Å². The summed E-state index contributed by atoms with van der Waals surface area (Å²) in [5.74, 6) is -1.07. The Bertz CT molecular complexity index is 861. The minimum absolute atomic E-state index is 0.0447. The van der Waals surface area contributed by atoms with Crippen LogP contribution < -0.4 is 0 Å². The Morgan fingerprint density at radius 1 is 1.35 bits per heavy atom. The Labute approximate surface area is 113 Å². The quantitative estimate of drug-likeness (QED) is 0.764. The van der Waals surface area contributed by atoms with Crippen LogP contribution in [0.3, 0.4) is 0 Å². The largest absolute Gasteiger partial charge is 0.477 e. The van der Waals surface area contributed by atoms with Crippen molar-refractivity contribution in [1.82, 2.24) is 14.6 Å². The van der Waals surface area contributed by atoms with Gasteiger partial charge in [0.1, 0.15) is 5.56 Å². The SMILES string of the molecule is N#Cc1cccc(-c2ccnc3c(C(=O)O)cnn23)c1. The summed E-state index contributed by atoms with van der Waals surface area (Å²) in [4.78, 5) is 15.1. The van der Waals surface area contributed by atoms with Gasteiger partial charge < -0.3 is 5.11 Å². The molecule has 0 radical (unpaired) electrons. The van der Waals surface area contributed by atoms with Crippen LogP contribution in [-0.2, 0) is 0 Å². The van der Waals surface area contributed by atoms with Gasteiger partial charge in [0.15, 0.2) is 5.65 Å². The predicted molar refractivity (Wildman–Crippen MR) is 70.1 cm³/mol. The number of carboxylic acids is 1. The molecule has 6 heteroatoms. The van der Waals surface area contributed by atoms with Gasteiger partial charge in [-0.05, 0) is 18.2 Å². The molecule has 0 aliphatic carbocycles. The summed E-state index contributed by atoms with van der Waals surface area (Å²) in [6.45, 7) is 0. The third kappa shape index (κ3) is 1.78. The van der Waals surface area contributed by atoms with Crippen molar-refractivity contribution in [2.75, 3.05) is 0 Å². The second-order valence-corrected chi connectivity index (χ2v) is 4.12. The van der Waals surface area contributed by atoms with Crippen LogP contribution in [0.5, 0.6) is 0 Å². The van der Waals surface area contributed by atoms with Gasteiger partial charge in [-0.15, -0.1) is 0 Å². The fourth-order valence-electron chi connectivity index (χ4n) is 2.01. The minimum Gasteiger partial charge on any atom is -0.477 e. The highest BCUT2D eigenvalue weighted by atomic mass is 16.4. The highest BCUT2D eigenvalue weighted by molar-refractivity contribution is 5.94. The van der Waals surface area contributed by atoms with Crippen molar-refractivity contribution >= 4 is 11.6 Å². The van der Waals surface area contributed by atoms with Gasteiger partial charge in [-0.3, -0.25) is 0 Å². The highest BCUT2D eigenvalue weighted by Gasteiger charge is 2.14. The number of benzene rings is 1. The van der Waals surface area contributed by atoms with Crippen molar-refractivity contribution in [2.45, 2.75) is 0 Å². The topological polar surface area (TPSA) is 91.3 Å². The van der Waals surface area contributed by atoms with Gasteiger partial charge in [-0.1, -0.05) is 12.1 Å². The van der Waals surface area contributed by atoms with Crippen molar-refractivity contribution in [2.24, 2.45) is 0 Å². The van der Waals surface area contributed by atoms with E-state index in [4.69, 9.17) is 10.4 Å². The number of hydrogen-bond donors (Lipinski definition) is 1. The average molecular weight is 264 g/mol. The molecule has 0 bridgehead atoms. The second-order valence-electron chi connectivity index (χ2n) is 4.12. The third-order valence-corrected chi connectivity index (χ3v) is 2.92. The van der Waals surface area contributed by atoms with Crippen molar-refractivity contribution < 1.29 is 9.90 Å². The molecule has 0 fully saturated rings. The van der Waals surface area contributed by atoms with Gasteiger partial charge >= 0.3 is 5.97 Å². The lowest BCUT2D eigenvalue weighted by molar-refractivity contribution is 0.0699. The van der Waals surface area contributed by atoms with E-state index < -0.39 is 5.97 Å². The van der Waals surface area contributed by atoms with Gasteiger partial charge in [0, 0.05) is 11.8 Å². The van der Waals surface area contributed by atoms with Crippen molar-refractivity contribution in [3.8, 4) is 17.3 Å². The molecular weight excluding hydrogens is 256 g/mol. The normalized spacial score (nSPS) is 10.3. The first-order chi connectivity index (χ1) is 9.70. The summed E-state index contributed by atoms with van der Waals surface area (Å²) < 4.78 is 1.46. The number of fused-ring (bicyclic) bond motifs is 1. The number of carboxylic acid groups (broad SMARTS) is 1. The fourth-order valence-corrected chi connectivity index (χ4v) is 2.01. The Morgan fingerprint density at radius 2 is 2.20 bits per heavy atom. The molecule has 20 heavy (non-hydrogen) atoms. The lowest BCUT2D eigenvalue weighted by atomic mass is 10.1. The molecular formula is C14H8N4O2. The smallest absolute Gasteiger partial charge is 0.341 e. The molecule has 0 saturated heterocycles. The molecule has 0 saturated carbocycles. The lowest BCUT2D eigenvalue weighted by Gasteiger charge is -2.04. The molecule has 0 aliphatic heterocycles. The lowest BCUT2D eigenvalue weighted by Crippen LogP contribution is -1.99. The standard InChI is InChI=1S/C14H8N4O2/c15-7-9-2-1-3-10(6-9)12-4-5-16-13-11(14(19)20)8-17-18(12)13/h1-6,8H,(H,19,20). The van der Waals surface area contributed by atoms with Crippen LogP contribution in [0.2, 0.25) is 0 Å². The molecule has 3 aromatic rings. The van der Waals surface area contributed by atoms with Crippen molar-refractivity contribution in [3.63, 3.8) is 0 Å². The maximum atomic E-state index is 11.1. The average Bonchev–Trinajstić information content (AvgIpc) is 2.91. The summed E-state index contributed by atoms with van der Waals surface area (Å²) in [7, 11) is 0. The second kappa shape index (κ2) is 4.48. The number of hydrogen-bond acceptors (Lipinski definition) is 4. The Kier molecular flexibility index (Phi) is 2.66. The number of carbonyl (C=O) groups is 1. The monoisotopic (exact) mass is 264 g/mol. The molecule has 1 aromatic carbocycles. The van der Waals surface area contributed by atoms with Gasteiger partial charge in [-0.25, -0.2) is 14.3 Å². The summed E-state index contributed by atoms with van der Waals surface area (Å²) >= 11 is 0. The molecule has 0 amide bonds. The summed E-state index contributed by atoms with van der Waals surface area (Å²) in [6.07, 6.45) is 2.79. The highest BCUT2D eigenvalue weighted by Crippen LogP contribution is 2.21. The van der Waals surface area contributed by atoms with Crippen LogP contribution in [0.4, 0.5) is 0 Å². The number of aromatic nitrogens is 3. The number of rotatable bonds is 2. The number of aromatic carboxylic acids is 1. The summed E-state index contributed by atoms with van der Waals surface area (Å²) in [5, 5.41) is 22.1. The molecule has 0 unspecified atom stereocenters. The zero-order valence-electron chi connectivity index (χ0n) is 10.2. The fraction of sp³-hybridized carbons (Fsp3) is 0. The van der Waals surface area contributed by atoms with Crippen LogP contribution >= 0.6 is 0 Å². The molecule has 0 atom stereocenters.